The lowest BCUT2D eigenvalue weighted by molar-refractivity contribution is 0.171. The molecular weight excluding hydrogens is 293 g/mol. The average molecular weight is 308 g/mol. The molecule has 0 aliphatic carbocycles. The summed E-state index contributed by atoms with van der Waals surface area (Å²) in [5.41, 5.74) is 1.74. The van der Waals surface area contributed by atoms with Gasteiger partial charge in [-0.05, 0) is 42.8 Å². The summed E-state index contributed by atoms with van der Waals surface area (Å²) in [6.07, 6.45) is 0. The highest BCUT2D eigenvalue weighted by Crippen LogP contribution is 2.34. The highest BCUT2D eigenvalue weighted by atomic mass is 35.5. The second-order valence-corrected chi connectivity index (χ2v) is 5.30. The second-order valence-electron chi connectivity index (χ2n) is 4.89. The molecule has 1 atom stereocenters. The van der Waals surface area contributed by atoms with Crippen molar-refractivity contribution in [3.8, 4) is 11.5 Å². The van der Waals surface area contributed by atoms with E-state index in [-0.39, 0.29) is 11.9 Å². The molecule has 0 fully saturated rings. The number of anilines is 1. The largest absolute Gasteiger partial charge is 0.486 e. The highest BCUT2D eigenvalue weighted by Gasteiger charge is 2.15. The van der Waals surface area contributed by atoms with Gasteiger partial charge in [-0.2, -0.15) is 0 Å². The van der Waals surface area contributed by atoms with Crippen molar-refractivity contribution in [2.75, 3.05) is 18.5 Å². The Hall–Kier alpha value is -1.94. The molecule has 1 N–H and O–H groups in total. The maximum absolute atomic E-state index is 13.1. The van der Waals surface area contributed by atoms with Crippen LogP contribution in [0.4, 0.5) is 10.1 Å². The van der Waals surface area contributed by atoms with E-state index < -0.39 is 0 Å². The summed E-state index contributed by atoms with van der Waals surface area (Å²) in [5.74, 6) is 1.16. The Morgan fingerprint density at radius 1 is 1.10 bits per heavy atom. The molecule has 0 saturated heterocycles. The Kier molecular flexibility index (Phi) is 3.88. The van der Waals surface area contributed by atoms with Crippen LogP contribution in [0.25, 0.3) is 0 Å². The molecule has 110 valence electrons. The Bertz CT molecular complexity index is 663. The zero-order chi connectivity index (χ0) is 14.8. The Morgan fingerprint density at radius 2 is 1.86 bits per heavy atom. The van der Waals surface area contributed by atoms with Gasteiger partial charge in [0.25, 0.3) is 0 Å². The average Bonchev–Trinajstić information content (AvgIpc) is 2.49. The smallest absolute Gasteiger partial charge is 0.161 e. The van der Waals surface area contributed by atoms with E-state index in [9.17, 15) is 4.39 Å². The third-order valence-corrected chi connectivity index (χ3v) is 3.68. The van der Waals surface area contributed by atoms with Gasteiger partial charge >= 0.3 is 0 Å². The summed E-state index contributed by atoms with van der Waals surface area (Å²) in [6, 6.07) is 10.1. The molecule has 5 heteroatoms. The van der Waals surface area contributed by atoms with Crippen LogP contribution in [0.15, 0.2) is 36.4 Å². The minimum Gasteiger partial charge on any atom is -0.486 e. The van der Waals surface area contributed by atoms with Crippen LogP contribution in [0, 0.1) is 5.82 Å². The van der Waals surface area contributed by atoms with Crippen molar-refractivity contribution in [3.63, 3.8) is 0 Å². The molecular formula is C16H15ClFNO2. The molecule has 0 spiro atoms. The van der Waals surface area contributed by atoms with Crippen molar-refractivity contribution < 1.29 is 13.9 Å². The van der Waals surface area contributed by atoms with Crippen molar-refractivity contribution in [1.29, 1.82) is 0 Å². The zero-order valence-electron chi connectivity index (χ0n) is 11.5. The van der Waals surface area contributed by atoms with Crippen molar-refractivity contribution in [2.45, 2.75) is 13.0 Å². The summed E-state index contributed by atoms with van der Waals surface area (Å²) in [5, 5.41) is 3.63. The maximum atomic E-state index is 13.1. The van der Waals surface area contributed by atoms with E-state index in [1.807, 2.05) is 25.1 Å². The number of halogens is 2. The van der Waals surface area contributed by atoms with E-state index in [1.165, 1.54) is 12.1 Å². The summed E-state index contributed by atoms with van der Waals surface area (Å²) in [6.45, 7) is 3.14. The van der Waals surface area contributed by atoms with Gasteiger partial charge in [0.1, 0.15) is 19.0 Å². The molecule has 2 aromatic rings. The quantitative estimate of drug-likeness (QED) is 0.910. The first kappa shape index (κ1) is 14.0. The summed E-state index contributed by atoms with van der Waals surface area (Å²) in [7, 11) is 0. The molecule has 1 aliphatic rings. The second kappa shape index (κ2) is 5.82. The van der Waals surface area contributed by atoms with E-state index in [1.54, 1.807) is 6.07 Å². The third-order valence-electron chi connectivity index (χ3n) is 3.37. The van der Waals surface area contributed by atoms with E-state index in [0.29, 0.717) is 23.9 Å². The van der Waals surface area contributed by atoms with Crippen LogP contribution in [0.5, 0.6) is 11.5 Å². The van der Waals surface area contributed by atoms with Crippen LogP contribution >= 0.6 is 11.6 Å². The molecule has 1 aliphatic heterocycles. The Morgan fingerprint density at radius 3 is 2.62 bits per heavy atom. The number of rotatable bonds is 3. The molecule has 2 aromatic carbocycles. The number of fused-ring (bicyclic) bond motifs is 1. The third kappa shape index (κ3) is 3.05. The molecule has 1 heterocycles. The van der Waals surface area contributed by atoms with Crippen LogP contribution in [-0.2, 0) is 0 Å². The lowest BCUT2D eigenvalue weighted by Gasteiger charge is -2.22. The summed E-state index contributed by atoms with van der Waals surface area (Å²) in [4.78, 5) is 0. The Labute approximate surface area is 127 Å². The van der Waals surface area contributed by atoms with Crippen LogP contribution in [0.3, 0.4) is 0 Å². The van der Waals surface area contributed by atoms with Crippen LogP contribution < -0.4 is 14.8 Å². The van der Waals surface area contributed by atoms with E-state index >= 15 is 0 Å². The predicted molar refractivity (Wildman–Crippen MR) is 80.9 cm³/mol. The molecule has 3 nitrogen and oxygen atoms in total. The number of benzene rings is 2. The van der Waals surface area contributed by atoms with Gasteiger partial charge in [0, 0.05) is 6.04 Å². The molecule has 1 unspecified atom stereocenters. The van der Waals surface area contributed by atoms with Crippen molar-refractivity contribution in [2.24, 2.45) is 0 Å². The van der Waals surface area contributed by atoms with Crippen molar-refractivity contribution in [1.82, 2.24) is 0 Å². The SMILES string of the molecule is CC(Nc1ccc(F)cc1Cl)c1ccc2c(c1)OCCO2. The minimum atomic E-state index is -0.350. The zero-order valence-corrected chi connectivity index (χ0v) is 12.3. The number of hydrogen-bond donors (Lipinski definition) is 1. The molecule has 21 heavy (non-hydrogen) atoms. The van der Waals surface area contributed by atoms with E-state index in [0.717, 1.165) is 17.1 Å². The first-order valence-corrected chi connectivity index (χ1v) is 7.12. The Balaban J connectivity index is 1.80. The van der Waals surface area contributed by atoms with E-state index in [2.05, 4.69) is 5.32 Å². The van der Waals surface area contributed by atoms with Crippen molar-refractivity contribution in [3.05, 3.63) is 52.8 Å². The predicted octanol–water partition coefficient (Wildman–Crippen LogP) is 4.42. The van der Waals surface area contributed by atoms with Gasteiger partial charge in [0.2, 0.25) is 0 Å². The topological polar surface area (TPSA) is 30.5 Å². The van der Waals surface area contributed by atoms with Gasteiger partial charge in [-0.1, -0.05) is 17.7 Å². The maximum Gasteiger partial charge on any atom is 0.161 e. The molecule has 0 aromatic heterocycles. The lowest BCUT2D eigenvalue weighted by atomic mass is 10.1. The normalized spacial score (nSPS) is 14.6. The number of hydrogen-bond acceptors (Lipinski definition) is 3. The molecule has 0 radical (unpaired) electrons. The summed E-state index contributed by atoms with van der Waals surface area (Å²) < 4.78 is 24.1. The van der Waals surface area contributed by atoms with Gasteiger partial charge in [-0.3, -0.25) is 0 Å². The fourth-order valence-electron chi connectivity index (χ4n) is 2.25. The highest BCUT2D eigenvalue weighted by molar-refractivity contribution is 6.33. The van der Waals surface area contributed by atoms with Gasteiger partial charge in [0.05, 0.1) is 10.7 Å². The van der Waals surface area contributed by atoms with Gasteiger partial charge < -0.3 is 14.8 Å². The first-order valence-electron chi connectivity index (χ1n) is 6.74. The fourth-order valence-corrected chi connectivity index (χ4v) is 2.47. The molecule has 3 rings (SSSR count). The van der Waals surface area contributed by atoms with Crippen LogP contribution in [0.2, 0.25) is 5.02 Å². The minimum absolute atomic E-state index is 0.00351. The first-order chi connectivity index (χ1) is 10.1. The molecule has 0 amide bonds. The number of nitrogens with one attached hydrogen (secondary N) is 1. The lowest BCUT2D eigenvalue weighted by Crippen LogP contribution is -2.16. The van der Waals surface area contributed by atoms with Crippen LogP contribution in [-0.4, -0.2) is 13.2 Å². The summed E-state index contributed by atoms with van der Waals surface area (Å²) >= 11 is 6.03. The number of ether oxygens (including phenoxy) is 2. The molecule has 0 bridgehead atoms. The van der Waals surface area contributed by atoms with Crippen molar-refractivity contribution >= 4 is 17.3 Å². The van der Waals surface area contributed by atoms with Crippen LogP contribution in [0.1, 0.15) is 18.5 Å². The fraction of sp³-hybridized carbons (Fsp3) is 0.250. The van der Waals surface area contributed by atoms with Gasteiger partial charge in [-0.25, -0.2) is 4.39 Å². The van der Waals surface area contributed by atoms with Gasteiger partial charge in [-0.15, -0.1) is 0 Å². The monoisotopic (exact) mass is 307 g/mol. The molecule has 0 saturated carbocycles. The van der Waals surface area contributed by atoms with E-state index in [4.69, 9.17) is 21.1 Å². The standard InChI is InChI=1S/C16H15ClFNO2/c1-10(19-14-4-3-12(18)9-13(14)17)11-2-5-15-16(8-11)21-7-6-20-15/h2-5,8-10,19H,6-7H2,1H3. The van der Waals surface area contributed by atoms with Gasteiger partial charge in [0.15, 0.2) is 11.5 Å².